The molecule has 1 aromatic rings. The first-order valence-electron chi connectivity index (χ1n) is 10.5. The molecule has 0 aromatic heterocycles. The van der Waals surface area contributed by atoms with E-state index in [1.165, 1.54) is 63.7 Å². The molecule has 140 valence electrons. The number of hydrogen-bond donors (Lipinski definition) is 2. The van der Waals surface area contributed by atoms with Crippen LogP contribution in [-0.2, 0) is 6.54 Å². The minimum atomic E-state index is 0.605. The zero-order valence-corrected chi connectivity index (χ0v) is 16.2. The van der Waals surface area contributed by atoms with Crippen LogP contribution in [0.2, 0.25) is 0 Å². The molecule has 0 aliphatic carbocycles. The van der Waals surface area contributed by atoms with Crippen LogP contribution in [-0.4, -0.2) is 42.7 Å². The van der Waals surface area contributed by atoms with Gasteiger partial charge < -0.3 is 10.6 Å². The lowest BCUT2D eigenvalue weighted by Crippen LogP contribution is -2.43. The summed E-state index contributed by atoms with van der Waals surface area (Å²) >= 11 is 0. The Kier molecular flexibility index (Phi) is 7.33. The third kappa shape index (κ3) is 6.09. The SMILES string of the molecule is CC(CC1CCCCCN1)NC(C)C1CCN(Cc2ccccc2)C1. The highest BCUT2D eigenvalue weighted by Gasteiger charge is 2.28. The number of benzene rings is 1. The van der Waals surface area contributed by atoms with Crippen LogP contribution in [0.4, 0.5) is 0 Å². The van der Waals surface area contributed by atoms with Gasteiger partial charge in [-0.25, -0.2) is 0 Å². The van der Waals surface area contributed by atoms with Gasteiger partial charge in [-0.3, -0.25) is 4.90 Å². The van der Waals surface area contributed by atoms with Gasteiger partial charge in [0.05, 0.1) is 0 Å². The molecule has 0 radical (unpaired) electrons. The Bertz CT molecular complexity index is 481. The molecular formula is C22H37N3. The predicted octanol–water partition coefficient (Wildman–Crippen LogP) is 3.80. The number of likely N-dealkylation sites (tertiary alicyclic amines) is 1. The molecule has 4 atom stereocenters. The highest BCUT2D eigenvalue weighted by Crippen LogP contribution is 2.22. The molecule has 2 fully saturated rings. The molecular weight excluding hydrogens is 306 g/mol. The van der Waals surface area contributed by atoms with Crippen molar-refractivity contribution in [2.45, 2.75) is 77.0 Å². The summed E-state index contributed by atoms with van der Waals surface area (Å²) < 4.78 is 0. The molecule has 1 aromatic carbocycles. The third-order valence-corrected chi connectivity index (χ3v) is 6.11. The van der Waals surface area contributed by atoms with Gasteiger partial charge in [-0.05, 0) is 64.1 Å². The Labute approximate surface area is 154 Å². The Morgan fingerprint density at radius 3 is 2.80 bits per heavy atom. The standard InChI is InChI=1S/C22H37N3/c1-18(15-22-11-7-4-8-13-23-22)24-19(2)21-12-14-25(17-21)16-20-9-5-3-6-10-20/h3,5-6,9-10,18-19,21-24H,4,7-8,11-17H2,1-2H3. The quantitative estimate of drug-likeness (QED) is 0.788. The highest BCUT2D eigenvalue weighted by molar-refractivity contribution is 5.14. The fraction of sp³-hybridized carbons (Fsp3) is 0.727. The van der Waals surface area contributed by atoms with Crippen LogP contribution in [0.3, 0.4) is 0 Å². The van der Waals surface area contributed by atoms with E-state index in [1.54, 1.807) is 0 Å². The summed E-state index contributed by atoms with van der Waals surface area (Å²) in [7, 11) is 0. The van der Waals surface area contributed by atoms with E-state index in [9.17, 15) is 0 Å². The summed E-state index contributed by atoms with van der Waals surface area (Å²) in [6.45, 7) is 9.56. The van der Waals surface area contributed by atoms with Crippen LogP contribution in [0.15, 0.2) is 30.3 Å². The first-order chi connectivity index (χ1) is 12.2. The van der Waals surface area contributed by atoms with Gasteiger partial charge in [-0.1, -0.05) is 43.2 Å². The monoisotopic (exact) mass is 343 g/mol. The van der Waals surface area contributed by atoms with Gasteiger partial charge >= 0.3 is 0 Å². The van der Waals surface area contributed by atoms with Crippen molar-refractivity contribution in [3.05, 3.63) is 35.9 Å². The summed E-state index contributed by atoms with van der Waals surface area (Å²) in [5.41, 5.74) is 1.44. The fourth-order valence-corrected chi connectivity index (χ4v) is 4.64. The van der Waals surface area contributed by atoms with Crippen LogP contribution in [0.25, 0.3) is 0 Å². The lowest BCUT2D eigenvalue weighted by atomic mass is 9.97. The molecule has 4 unspecified atom stereocenters. The number of nitrogens with one attached hydrogen (secondary N) is 2. The second-order valence-corrected chi connectivity index (χ2v) is 8.36. The summed E-state index contributed by atoms with van der Waals surface area (Å²) in [6.07, 6.45) is 8.11. The Balaban J connectivity index is 1.40. The number of rotatable bonds is 7. The zero-order chi connectivity index (χ0) is 17.5. The zero-order valence-electron chi connectivity index (χ0n) is 16.2. The Hall–Kier alpha value is -0.900. The third-order valence-electron chi connectivity index (χ3n) is 6.11. The number of hydrogen-bond acceptors (Lipinski definition) is 3. The van der Waals surface area contributed by atoms with Crippen molar-refractivity contribution < 1.29 is 0 Å². The smallest absolute Gasteiger partial charge is 0.0233 e. The predicted molar refractivity (Wildman–Crippen MR) is 107 cm³/mol. The maximum absolute atomic E-state index is 3.91. The molecule has 3 heteroatoms. The normalized spacial score (nSPS) is 27.8. The van der Waals surface area contributed by atoms with E-state index in [0.717, 1.165) is 18.5 Å². The van der Waals surface area contributed by atoms with Gasteiger partial charge in [0, 0.05) is 31.2 Å². The van der Waals surface area contributed by atoms with E-state index >= 15 is 0 Å². The lowest BCUT2D eigenvalue weighted by molar-refractivity contribution is 0.282. The average Bonchev–Trinajstić information content (AvgIpc) is 2.92. The van der Waals surface area contributed by atoms with E-state index in [-0.39, 0.29) is 0 Å². The van der Waals surface area contributed by atoms with Crippen LogP contribution >= 0.6 is 0 Å². The first kappa shape index (κ1) is 18.9. The van der Waals surface area contributed by atoms with Crippen LogP contribution < -0.4 is 10.6 Å². The maximum Gasteiger partial charge on any atom is 0.0233 e. The largest absolute Gasteiger partial charge is 0.314 e. The minimum absolute atomic E-state index is 0.605. The van der Waals surface area contributed by atoms with E-state index in [4.69, 9.17) is 0 Å². The maximum atomic E-state index is 3.91. The minimum Gasteiger partial charge on any atom is -0.314 e. The fourth-order valence-electron chi connectivity index (χ4n) is 4.64. The van der Waals surface area contributed by atoms with E-state index in [2.05, 4.69) is 59.7 Å². The lowest BCUT2D eigenvalue weighted by Gasteiger charge is -2.28. The van der Waals surface area contributed by atoms with Gasteiger partial charge in [-0.2, -0.15) is 0 Å². The highest BCUT2D eigenvalue weighted by atomic mass is 15.2. The molecule has 0 spiro atoms. The van der Waals surface area contributed by atoms with Crippen molar-refractivity contribution in [3.8, 4) is 0 Å². The molecule has 2 aliphatic rings. The van der Waals surface area contributed by atoms with Gasteiger partial charge in [0.15, 0.2) is 0 Å². The second-order valence-electron chi connectivity index (χ2n) is 8.36. The molecule has 3 rings (SSSR count). The molecule has 0 bridgehead atoms. The van der Waals surface area contributed by atoms with Crippen LogP contribution in [0, 0.1) is 5.92 Å². The molecule has 3 nitrogen and oxygen atoms in total. The van der Waals surface area contributed by atoms with Gasteiger partial charge in [0.1, 0.15) is 0 Å². The van der Waals surface area contributed by atoms with Gasteiger partial charge in [-0.15, -0.1) is 0 Å². The molecule has 2 N–H and O–H groups in total. The Morgan fingerprint density at radius 1 is 1.12 bits per heavy atom. The van der Waals surface area contributed by atoms with E-state index < -0.39 is 0 Å². The van der Waals surface area contributed by atoms with Crippen molar-refractivity contribution in [2.75, 3.05) is 19.6 Å². The van der Waals surface area contributed by atoms with Crippen molar-refractivity contribution in [1.29, 1.82) is 0 Å². The van der Waals surface area contributed by atoms with Crippen molar-refractivity contribution in [2.24, 2.45) is 5.92 Å². The van der Waals surface area contributed by atoms with Gasteiger partial charge in [0.2, 0.25) is 0 Å². The summed E-state index contributed by atoms with van der Waals surface area (Å²) in [4.78, 5) is 2.62. The molecule has 2 heterocycles. The van der Waals surface area contributed by atoms with Crippen LogP contribution in [0.1, 0.15) is 57.9 Å². The summed E-state index contributed by atoms with van der Waals surface area (Å²) in [6, 6.07) is 12.8. The summed E-state index contributed by atoms with van der Waals surface area (Å²) in [5.74, 6) is 0.785. The first-order valence-corrected chi connectivity index (χ1v) is 10.5. The van der Waals surface area contributed by atoms with Crippen molar-refractivity contribution in [3.63, 3.8) is 0 Å². The molecule has 25 heavy (non-hydrogen) atoms. The average molecular weight is 344 g/mol. The molecule has 0 amide bonds. The van der Waals surface area contributed by atoms with E-state index in [1.807, 2.05) is 0 Å². The molecule has 0 saturated carbocycles. The Morgan fingerprint density at radius 2 is 1.96 bits per heavy atom. The van der Waals surface area contributed by atoms with Crippen molar-refractivity contribution >= 4 is 0 Å². The number of nitrogens with zero attached hydrogens (tertiary/aromatic N) is 1. The van der Waals surface area contributed by atoms with Crippen molar-refractivity contribution in [1.82, 2.24) is 15.5 Å². The molecule has 2 saturated heterocycles. The molecule has 2 aliphatic heterocycles. The van der Waals surface area contributed by atoms with Crippen LogP contribution in [0.5, 0.6) is 0 Å². The summed E-state index contributed by atoms with van der Waals surface area (Å²) in [5, 5.41) is 7.65. The topological polar surface area (TPSA) is 27.3 Å². The van der Waals surface area contributed by atoms with E-state index in [0.29, 0.717) is 12.1 Å². The second kappa shape index (κ2) is 9.70. The van der Waals surface area contributed by atoms with Gasteiger partial charge in [0.25, 0.3) is 0 Å².